The molecule has 0 aromatic rings. The molecule has 2 fully saturated rings. The fourth-order valence-corrected chi connectivity index (χ4v) is 2.22. The van der Waals surface area contributed by atoms with Crippen LogP contribution in [0.15, 0.2) is 0 Å². The Bertz CT molecular complexity index is 220. The molecule has 74 valence electrons. The number of hydrogen-bond acceptors (Lipinski definition) is 3. The summed E-state index contributed by atoms with van der Waals surface area (Å²) in [7, 11) is 1.73. The number of likely N-dealkylation sites (tertiary alicyclic amines) is 1. The lowest BCUT2D eigenvalue weighted by atomic mass is 10.0. The Morgan fingerprint density at radius 1 is 1.54 bits per heavy atom. The van der Waals surface area contributed by atoms with Gasteiger partial charge in [-0.15, -0.1) is 0 Å². The van der Waals surface area contributed by atoms with Crippen molar-refractivity contribution in [3.05, 3.63) is 0 Å². The SMILES string of the molecule is COC1CCC(N2CC(N)C2=O)C1. The average Bonchev–Trinajstić information content (AvgIpc) is 2.61. The highest BCUT2D eigenvalue weighted by atomic mass is 16.5. The summed E-state index contributed by atoms with van der Waals surface area (Å²) < 4.78 is 5.25. The monoisotopic (exact) mass is 184 g/mol. The number of rotatable bonds is 2. The minimum absolute atomic E-state index is 0.113. The van der Waals surface area contributed by atoms with Crippen molar-refractivity contribution < 1.29 is 9.53 Å². The normalized spacial score (nSPS) is 39.4. The predicted molar refractivity (Wildman–Crippen MR) is 48.1 cm³/mol. The van der Waals surface area contributed by atoms with E-state index in [-0.39, 0.29) is 11.9 Å². The van der Waals surface area contributed by atoms with Gasteiger partial charge in [-0.1, -0.05) is 0 Å². The topological polar surface area (TPSA) is 55.6 Å². The molecule has 3 atom stereocenters. The van der Waals surface area contributed by atoms with Crippen molar-refractivity contribution in [1.29, 1.82) is 0 Å². The van der Waals surface area contributed by atoms with E-state index < -0.39 is 0 Å². The van der Waals surface area contributed by atoms with Crippen molar-refractivity contribution >= 4 is 5.91 Å². The third-order valence-corrected chi connectivity index (χ3v) is 3.12. The number of amides is 1. The molecule has 1 heterocycles. The second-order valence-corrected chi connectivity index (χ2v) is 3.92. The van der Waals surface area contributed by atoms with Gasteiger partial charge >= 0.3 is 0 Å². The molecule has 0 aromatic heterocycles. The first kappa shape index (κ1) is 8.97. The van der Waals surface area contributed by atoms with Crippen LogP contribution in [0.4, 0.5) is 0 Å². The minimum atomic E-state index is -0.235. The Hall–Kier alpha value is -0.610. The summed E-state index contributed by atoms with van der Waals surface area (Å²) in [6, 6.07) is 0.152. The summed E-state index contributed by atoms with van der Waals surface area (Å²) in [6.45, 7) is 0.736. The molecule has 4 nitrogen and oxygen atoms in total. The fourth-order valence-electron chi connectivity index (χ4n) is 2.22. The third-order valence-electron chi connectivity index (χ3n) is 3.12. The van der Waals surface area contributed by atoms with Gasteiger partial charge in [-0.2, -0.15) is 0 Å². The Morgan fingerprint density at radius 2 is 2.31 bits per heavy atom. The van der Waals surface area contributed by atoms with Crippen molar-refractivity contribution in [1.82, 2.24) is 4.90 Å². The van der Waals surface area contributed by atoms with Crippen molar-refractivity contribution in [3.63, 3.8) is 0 Å². The van der Waals surface area contributed by atoms with Crippen molar-refractivity contribution in [2.45, 2.75) is 37.5 Å². The van der Waals surface area contributed by atoms with Crippen LogP contribution < -0.4 is 5.73 Å². The van der Waals surface area contributed by atoms with Crippen LogP contribution in [0.2, 0.25) is 0 Å². The van der Waals surface area contributed by atoms with Crippen LogP contribution in [-0.4, -0.2) is 42.6 Å². The summed E-state index contributed by atoms with van der Waals surface area (Å²) in [5.41, 5.74) is 5.52. The molecule has 0 spiro atoms. The minimum Gasteiger partial charge on any atom is -0.381 e. The van der Waals surface area contributed by atoms with Gasteiger partial charge in [0.05, 0.1) is 6.10 Å². The number of carbonyl (C=O) groups is 1. The third kappa shape index (κ3) is 1.44. The van der Waals surface area contributed by atoms with E-state index in [1.807, 2.05) is 4.90 Å². The molecule has 0 radical (unpaired) electrons. The van der Waals surface area contributed by atoms with Crippen LogP contribution in [0.1, 0.15) is 19.3 Å². The summed E-state index contributed by atoms with van der Waals surface area (Å²) in [4.78, 5) is 13.2. The number of nitrogens with two attached hydrogens (primary N) is 1. The van der Waals surface area contributed by atoms with E-state index in [2.05, 4.69) is 0 Å². The number of hydrogen-bond donors (Lipinski definition) is 1. The lowest BCUT2D eigenvalue weighted by molar-refractivity contribution is -0.145. The molecular weight excluding hydrogens is 168 g/mol. The standard InChI is InChI=1S/C9H16N2O2/c1-13-7-3-2-6(4-7)11-5-8(10)9(11)12/h6-8H,2-5,10H2,1H3. The smallest absolute Gasteiger partial charge is 0.241 e. The van der Waals surface area contributed by atoms with Crippen LogP contribution in [0.3, 0.4) is 0 Å². The van der Waals surface area contributed by atoms with Gasteiger partial charge in [0.1, 0.15) is 6.04 Å². The Morgan fingerprint density at radius 3 is 2.77 bits per heavy atom. The highest BCUT2D eigenvalue weighted by molar-refractivity contribution is 5.88. The first-order chi connectivity index (χ1) is 6.22. The van der Waals surface area contributed by atoms with Gasteiger partial charge in [0.25, 0.3) is 0 Å². The van der Waals surface area contributed by atoms with Crippen LogP contribution in [0.25, 0.3) is 0 Å². The van der Waals surface area contributed by atoms with Gasteiger partial charge < -0.3 is 15.4 Å². The molecule has 2 N–H and O–H groups in total. The molecule has 0 bridgehead atoms. The first-order valence-corrected chi connectivity index (χ1v) is 4.81. The zero-order chi connectivity index (χ0) is 9.42. The highest BCUT2D eigenvalue weighted by Crippen LogP contribution is 2.29. The van der Waals surface area contributed by atoms with E-state index in [9.17, 15) is 4.79 Å². The number of carbonyl (C=O) groups excluding carboxylic acids is 1. The number of nitrogens with zero attached hydrogens (tertiary/aromatic N) is 1. The van der Waals surface area contributed by atoms with Gasteiger partial charge in [-0.3, -0.25) is 4.79 Å². The molecule has 1 saturated heterocycles. The van der Waals surface area contributed by atoms with Gasteiger partial charge in [0.15, 0.2) is 0 Å². The molecule has 1 aliphatic heterocycles. The number of methoxy groups -OCH3 is 1. The maximum absolute atomic E-state index is 11.3. The van der Waals surface area contributed by atoms with E-state index in [1.54, 1.807) is 7.11 Å². The molecule has 1 saturated carbocycles. The van der Waals surface area contributed by atoms with Crippen LogP contribution >= 0.6 is 0 Å². The van der Waals surface area contributed by atoms with Crippen molar-refractivity contribution in [2.75, 3.05) is 13.7 Å². The number of ether oxygens (including phenoxy) is 1. The molecular formula is C9H16N2O2. The van der Waals surface area contributed by atoms with Crippen molar-refractivity contribution in [3.8, 4) is 0 Å². The Labute approximate surface area is 78.0 Å². The van der Waals surface area contributed by atoms with Gasteiger partial charge in [-0.05, 0) is 19.3 Å². The molecule has 2 rings (SSSR count). The number of β-lactam (4-membered cyclic amide) rings is 1. The second-order valence-electron chi connectivity index (χ2n) is 3.92. The fraction of sp³-hybridized carbons (Fsp3) is 0.889. The van der Waals surface area contributed by atoms with Gasteiger partial charge in [-0.25, -0.2) is 0 Å². The largest absolute Gasteiger partial charge is 0.381 e. The van der Waals surface area contributed by atoms with E-state index in [0.717, 1.165) is 25.8 Å². The van der Waals surface area contributed by atoms with Gasteiger partial charge in [0.2, 0.25) is 5.91 Å². The first-order valence-electron chi connectivity index (χ1n) is 4.81. The maximum Gasteiger partial charge on any atom is 0.241 e. The molecule has 4 heteroatoms. The second kappa shape index (κ2) is 3.27. The van der Waals surface area contributed by atoms with E-state index in [4.69, 9.17) is 10.5 Å². The molecule has 1 amide bonds. The Balaban J connectivity index is 1.87. The zero-order valence-corrected chi connectivity index (χ0v) is 7.90. The summed E-state index contributed by atoms with van der Waals surface area (Å²) in [5.74, 6) is 0.113. The Kier molecular flexibility index (Phi) is 2.26. The lowest BCUT2D eigenvalue weighted by Crippen LogP contribution is -2.63. The quantitative estimate of drug-likeness (QED) is 0.601. The summed E-state index contributed by atoms with van der Waals surface area (Å²) in [6.07, 6.45) is 3.46. The zero-order valence-electron chi connectivity index (χ0n) is 7.90. The van der Waals surface area contributed by atoms with Crippen LogP contribution in [-0.2, 0) is 9.53 Å². The van der Waals surface area contributed by atoms with E-state index in [0.29, 0.717) is 12.1 Å². The van der Waals surface area contributed by atoms with Crippen LogP contribution in [0.5, 0.6) is 0 Å². The van der Waals surface area contributed by atoms with Crippen molar-refractivity contribution in [2.24, 2.45) is 5.73 Å². The molecule has 3 unspecified atom stereocenters. The van der Waals surface area contributed by atoms with E-state index in [1.165, 1.54) is 0 Å². The molecule has 13 heavy (non-hydrogen) atoms. The molecule has 0 aromatic carbocycles. The van der Waals surface area contributed by atoms with Gasteiger partial charge in [0, 0.05) is 19.7 Å². The lowest BCUT2D eigenvalue weighted by Gasteiger charge is -2.40. The van der Waals surface area contributed by atoms with E-state index >= 15 is 0 Å². The molecule has 2 aliphatic rings. The summed E-state index contributed by atoms with van der Waals surface area (Å²) in [5, 5.41) is 0. The highest BCUT2D eigenvalue weighted by Gasteiger charge is 2.41. The average molecular weight is 184 g/mol. The summed E-state index contributed by atoms with van der Waals surface area (Å²) >= 11 is 0. The maximum atomic E-state index is 11.3. The molecule has 1 aliphatic carbocycles. The van der Waals surface area contributed by atoms with Crippen LogP contribution in [0, 0.1) is 0 Å². The predicted octanol–water partition coefficient (Wildman–Crippen LogP) is -0.277.